The minimum Gasteiger partial charge on any atom is -0.364 e. The molecule has 0 saturated heterocycles. The van der Waals surface area contributed by atoms with E-state index in [-0.39, 0.29) is 23.9 Å². The van der Waals surface area contributed by atoms with Crippen LogP contribution in [0.3, 0.4) is 0 Å². The number of fused-ring (bicyclic) bond motifs is 1. The normalized spacial score (nSPS) is 12.2. The van der Waals surface area contributed by atoms with Gasteiger partial charge in [0.15, 0.2) is 11.5 Å². The van der Waals surface area contributed by atoms with Crippen LogP contribution in [0.15, 0.2) is 24.3 Å². The third-order valence-electron chi connectivity index (χ3n) is 4.06. The minimum atomic E-state index is -0.607. The zero-order valence-corrected chi connectivity index (χ0v) is 13.2. The van der Waals surface area contributed by atoms with Gasteiger partial charge in [-0.15, -0.1) is 0 Å². The molecule has 0 fully saturated rings. The fourth-order valence-electron chi connectivity index (χ4n) is 2.67. The smallest absolute Gasteiger partial charge is 0.269 e. The van der Waals surface area contributed by atoms with Crippen molar-refractivity contribution < 1.29 is 14.4 Å². The summed E-state index contributed by atoms with van der Waals surface area (Å²) in [5, 5.41) is 4.83. The fraction of sp³-hybridized carbons (Fsp3) is 0.412. The van der Waals surface area contributed by atoms with Gasteiger partial charge in [0, 0.05) is 18.2 Å². The number of nitrogens with zero attached hydrogens (tertiary/aromatic N) is 2. The summed E-state index contributed by atoms with van der Waals surface area (Å²) in [5.74, 6) is -0.338. The number of Topliss-reactive ketones (excluding diaryl/α,β-unsaturated/α-hetero) is 1. The number of aldehydes is 1. The Labute approximate surface area is 134 Å². The van der Waals surface area contributed by atoms with Crippen molar-refractivity contribution >= 4 is 28.9 Å². The number of para-hydroxylation sites is 1. The molecule has 1 unspecified atom stereocenters. The van der Waals surface area contributed by atoms with Crippen molar-refractivity contribution in [3.63, 3.8) is 0 Å². The summed E-state index contributed by atoms with van der Waals surface area (Å²) in [7, 11) is 0. The van der Waals surface area contributed by atoms with Gasteiger partial charge < -0.3 is 10.5 Å². The van der Waals surface area contributed by atoms with Crippen molar-refractivity contribution in [2.45, 2.75) is 39.2 Å². The monoisotopic (exact) mass is 315 g/mol. The van der Waals surface area contributed by atoms with Crippen LogP contribution in [0.25, 0.3) is 10.9 Å². The van der Waals surface area contributed by atoms with E-state index in [9.17, 15) is 14.4 Å². The lowest BCUT2D eigenvalue weighted by molar-refractivity contribution is -0.120. The first-order valence-corrected chi connectivity index (χ1v) is 7.77. The van der Waals surface area contributed by atoms with Crippen LogP contribution in [0.2, 0.25) is 0 Å². The average molecular weight is 315 g/mol. The molecule has 0 saturated carbocycles. The molecule has 2 N–H and O–H groups in total. The summed E-state index contributed by atoms with van der Waals surface area (Å²) in [4.78, 5) is 34.2. The third kappa shape index (κ3) is 4.03. The van der Waals surface area contributed by atoms with E-state index in [4.69, 9.17) is 5.73 Å². The predicted molar refractivity (Wildman–Crippen MR) is 87.0 cm³/mol. The highest BCUT2D eigenvalue weighted by atomic mass is 16.1. The molecular formula is C17H21N3O3. The summed E-state index contributed by atoms with van der Waals surface area (Å²) in [6.07, 6.45) is 3.35. The first-order valence-electron chi connectivity index (χ1n) is 7.77. The second-order valence-electron chi connectivity index (χ2n) is 5.64. The molecule has 1 heterocycles. The van der Waals surface area contributed by atoms with Gasteiger partial charge in [0.2, 0.25) is 0 Å². The predicted octanol–water partition coefficient (Wildman–Crippen LogP) is 2.10. The second kappa shape index (κ2) is 7.67. The highest BCUT2D eigenvalue weighted by molar-refractivity contribution is 6.04. The van der Waals surface area contributed by atoms with E-state index in [0.717, 1.165) is 18.2 Å². The molecule has 6 nitrogen and oxygen atoms in total. The SMILES string of the molecule is CCC(CC=O)CCC(=O)Cn1nc(C(N)=O)c2ccccc21. The lowest BCUT2D eigenvalue weighted by atomic mass is 9.96. The number of amides is 1. The van der Waals surface area contributed by atoms with Crippen molar-refractivity contribution in [3.05, 3.63) is 30.0 Å². The van der Waals surface area contributed by atoms with E-state index in [1.54, 1.807) is 12.1 Å². The Morgan fingerprint density at radius 1 is 1.35 bits per heavy atom. The highest BCUT2D eigenvalue weighted by Gasteiger charge is 2.16. The van der Waals surface area contributed by atoms with Gasteiger partial charge in [0.1, 0.15) is 12.8 Å². The Morgan fingerprint density at radius 2 is 2.09 bits per heavy atom. The molecule has 23 heavy (non-hydrogen) atoms. The molecule has 1 amide bonds. The van der Waals surface area contributed by atoms with Gasteiger partial charge in [0.25, 0.3) is 5.91 Å². The van der Waals surface area contributed by atoms with Crippen LogP contribution in [0.5, 0.6) is 0 Å². The van der Waals surface area contributed by atoms with Crippen LogP contribution in [-0.4, -0.2) is 27.8 Å². The maximum absolute atomic E-state index is 12.2. The summed E-state index contributed by atoms with van der Waals surface area (Å²) in [6, 6.07) is 7.20. The zero-order chi connectivity index (χ0) is 16.8. The van der Waals surface area contributed by atoms with Gasteiger partial charge in [0.05, 0.1) is 5.52 Å². The van der Waals surface area contributed by atoms with Crippen LogP contribution < -0.4 is 5.73 Å². The van der Waals surface area contributed by atoms with Crippen molar-refractivity contribution in [2.75, 3.05) is 0 Å². The number of benzene rings is 1. The Morgan fingerprint density at radius 3 is 2.74 bits per heavy atom. The quantitative estimate of drug-likeness (QED) is 0.717. The summed E-state index contributed by atoms with van der Waals surface area (Å²) >= 11 is 0. The van der Waals surface area contributed by atoms with Gasteiger partial charge in [-0.2, -0.15) is 5.10 Å². The Balaban J connectivity index is 2.11. The number of carbonyl (C=O) groups excluding carboxylic acids is 3. The molecule has 0 aliphatic rings. The maximum atomic E-state index is 12.2. The van der Waals surface area contributed by atoms with E-state index < -0.39 is 5.91 Å². The van der Waals surface area contributed by atoms with E-state index in [2.05, 4.69) is 5.10 Å². The molecule has 2 rings (SSSR count). The molecule has 0 spiro atoms. The first-order chi connectivity index (χ1) is 11.1. The van der Waals surface area contributed by atoms with E-state index in [0.29, 0.717) is 24.6 Å². The first kappa shape index (κ1) is 16.9. The van der Waals surface area contributed by atoms with E-state index in [1.165, 1.54) is 4.68 Å². The number of aromatic nitrogens is 2. The number of carbonyl (C=O) groups is 3. The topological polar surface area (TPSA) is 95.1 Å². The molecule has 1 atom stereocenters. The Kier molecular flexibility index (Phi) is 5.62. The zero-order valence-electron chi connectivity index (χ0n) is 13.2. The van der Waals surface area contributed by atoms with Crippen molar-refractivity contribution in [2.24, 2.45) is 11.7 Å². The fourth-order valence-corrected chi connectivity index (χ4v) is 2.67. The molecule has 1 aromatic heterocycles. The van der Waals surface area contributed by atoms with Crippen LogP contribution in [0, 0.1) is 5.92 Å². The molecule has 0 aliphatic carbocycles. The Hall–Kier alpha value is -2.50. The van der Waals surface area contributed by atoms with Crippen molar-refractivity contribution in [1.29, 1.82) is 0 Å². The largest absolute Gasteiger partial charge is 0.364 e. The maximum Gasteiger partial charge on any atom is 0.269 e. The standard InChI is InChI=1S/C17H21N3O3/c1-2-12(9-10-21)7-8-13(22)11-20-15-6-4-3-5-14(15)16(19-20)17(18)23/h3-6,10,12H,2,7-9,11H2,1H3,(H2,18,23). The van der Waals surface area contributed by atoms with Crippen LogP contribution in [-0.2, 0) is 16.1 Å². The lowest BCUT2D eigenvalue weighted by Crippen LogP contribution is -2.16. The lowest BCUT2D eigenvalue weighted by Gasteiger charge is -2.10. The molecule has 2 aromatic rings. The second-order valence-corrected chi connectivity index (χ2v) is 5.64. The number of hydrogen-bond donors (Lipinski definition) is 1. The molecule has 0 radical (unpaired) electrons. The molecule has 6 heteroatoms. The summed E-state index contributed by atoms with van der Waals surface area (Å²) in [6.45, 7) is 2.12. The minimum absolute atomic E-state index is 0.0265. The number of rotatable bonds is 9. The van der Waals surface area contributed by atoms with Gasteiger partial charge in [-0.25, -0.2) is 0 Å². The van der Waals surface area contributed by atoms with Gasteiger partial charge >= 0.3 is 0 Å². The van der Waals surface area contributed by atoms with Gasteiger partial charge in [-0.3, -0.25) is 14.3 Å². The van der Waals surface area contributed by atoms with Crippen molar-refractivity contribution in [3.8, 4) is 0 Å². The van der Waals surface area contributed by atoms with Crippen LogP contribution >= 0.6 is 0 Å². The molecule has 0 aliphatic heterocycles. The molecular weight excluding hydrogens is 294 g/mol. The number of primary amides is 1. The van der Waals surface area contributed by atoms with Crippen molar-refractivity contribution in [1.82, 2.24) is 9.78 Å². The highest BCUT2D eigenvalue weighted by Crippen LogP contribution is 2.19. The van der Waals surface area contributed by atoms with Gasteiger partial charge in [-0.05, 0) is 18.4 Å². The van der Waals surface area contributed by atoms with Gasteiger partial charge in [-0.1, -0.05) is 31.5 Å². The van der Waals surface area contributed by atoms with Crippen LogP contribution in [0.1, 0.15) is 43.1 Å². The summed E-state index contributed by atoms with van der Waals surface area (Å²) < 4.78 is 1.53. The summed E-state index contributed by atoms with van der Waals surface area (Å²) in [5.41, 5.74) is 6.24. The average Bonchev–Trinajstić information content (AvgIpc) is 2.90. The van der Waals surface area contributed by atoms with Crippen LogP contribution in [0.4, 0.5) is 0 Å². The van der Waals surface area contributed by atoms with E-state index >= 15 is 0 Å². The molecule has 122 valence electrons. The number of ketones is 1. The Bertz CT molecular complexity index is 721. The number of hydrogen-bond acceptors (Lipinski definition) is 4. The number of nitrogens with two attached hydrogens (primary N) is 1. The molecule has 0 bridgehead atoms. The third-order valence-corrected chi connectivity index (χ3v) is 4.06. The van der Waals surface area contributed by atoms with E-state index in [1.807, 2.05) is 19.1 Å². The molecule has 1 aromatic carbocycles.